The van der Waals surface area contributed by atoms with Crippen molar-refractivity contribution in [1.82, 2.24) is 9.38 Å². The summed E-state index contributed by atoms with van der Waals surface area (Å²) in [6, 6.07) is 10.3. The number of rotatable bonds is 3. The van der Waals surface area contributed by atoms with Crippen LogP contribution in [0.3, 0.4) is 0 Å². The Kier molecular flexibility index (Phi) is 4.04. The summed E-state index contributed by atoms with van der Waals surface area (Å²) in [5.41, 5.74) is 7.88. The molecule has 25 heavy (non-hydrogen) atoms. The lowest BCUT2D eigenvalue weighted by molar-refractivity contribution is 0.0853. The lowest BCUT2D eigenvalue weighted by Crippen LogP contribution is -2.20. The highest BCUT2D eigenvalue weighted by Gasteiger charge is 2.25. The van der Waals surface area contributed by atoms with E-state index in [1.54, 1.807) is 53.2 Å². The van der Waals surface area contributed by atoms with Gasteiger partial charge in [-0.15, -0.1) is 0 Å². The van der Waals surface area contributed by atoms with Crippen LogP contribution >= 0.6 is 0 Å². The second-order valence-corrected chi connectivity index (χ2v) is 6.97. The van der Waals surface area contributed by atoms with E-state index in [4.69, 9.17) is 5.73 Å². The summed E-state index contributed by atoms with van der Waals surface area (Å²) < 4.78 is 1.73. The maximum atomic E-state index is 12.4. The van der Waals surface area contributed by atoms with Gasteiger partial charge in [0.05, 0.1) is 5.69 Å². The molecule has 0 aliphatic carbocycles. The normalized spacial score (nSPS) is 11.5. The zero-order chi connectivity index (χ0) is 18.2. The van der Waals surface area contributed by atoms with Crippen LogP contribution in [0.4, 0.5) is 11.4 Å². The number of hydrogen-bond acceptors (Lipinski definition) is 4. The van der Waals surface area contributed by atoms with Crippen LogP contribution in [0.5, 0.6) is 0 Å². The molecule has 6 nitrogen and oxygen atoms in total. The first-order valence-corrected chi connectivity index (χ1v) is 7.94. The van der Waals surface area contributed by atoms with Gasteiger partial charge in [0, 0.05) is 29.1 Å². The van der Waals surface area contributed by atoms with Crippen molar-refractivity contribution in [3.8, 4) is 0 Å². The fourth-order valence-corrected chi connectivity index (χ4v) is 2.44. The van der Waals surface area contributed by atoms with Crippen molar-refractivity contribution in [1.29, 1.82) is 0 Å². The van der Waals surface area contributed by atoms with E-state index >= 15 is 0 Å². The molecule has 3 aromatic rings. The number of nitrogens with one attached hydrogen (secondary N) is 1. The highest BCUT2D eigenvalue weighted by molar-refractivity contribution is 6.04. The third-order valence-electron chi connectivity index (χ3n) is 3.77. The molecule has 0 aliphatic rings. The number of aromatic nitrogens is 2. The molecule has 6 heteroatoms. The van der Waals surface area contributed by atoms with Gasteiger partial charge in [0.15, 0.2) is 5.78 Å². The van der Waals surface area contributed by atoms with Crippen LogP contribution in [0.1, 0.15) is 41.6 Å². The van der Waals surface area contributed by atoms with E-state index in [0.717, 1.165) is 0 Å². The van der Waals surface area contributed by atoms with Crippen LogP contribution in [0.15, 0.2) is 48.8 Å². The number of nitrogens with two attached hydrogens (primary N) is 1. The maximum Gasteiger partial charge on any atom is 0.255 e. The number of nitrogen functional groups attached to an aromatic ring is 1. The molecule has 0 saturated heterocycles. The molecular formula is C19H20N4O2. The van der Waals surface area contributed by atoms with E-state index in [1.807, 2.05) is 20.8 Å². The molecule has 1 amide bonds. The SMILES string of the molecule is CC(C)(C)C(=O)c1cn2cc(NC(=O)c3cccc(N)c3)ccc2n1. The topological polar surface area (TPSA) is 89.5 Å². The number of imidazole rings is 1. The number of carbonyl (C=O) groups is 2. The Morgan fingerprint density at radius 2 is 1.88 bits per heavy atom. The highest BCUT2D eigenvalue weighted by Crippen LogP contribution is 2.21. The number of amides is 1. The standard InChI is InChI=1S/C19H20N4O2/c1-19(2,3)17(24)15-11-23-10-14(7-8-16(23)22-15)21-18(25)12-5-4-6-13(20)9-12/h4-11H,20H2,1-3H3,(H,21,25). The number of pyridine rings is 1. The zero-order valence-electron chi connectivity index (χ0n) is 14.4. The maximum absolute atomic E-state index is 12.4. The highest BCUT2D eigenvalue weighted by atomic mass is 16.1. The first kappa shape index (κ1) is 16.7. The number of hydrogen-bond donors (Lipinski definition) is 2. The Bertz CT molecular complexity index is 967. The molecule has 0 atom stereocenters. The molecule has 1 aromatic carbocycles. The van der Waals surface area contributed by atoms with Crippen molar-refractivity contribution in [3.05, 3.63) is 60.0 Å². The van der Waals surface area contributed by atoms with Gasteiger partial charge in [-0.25, -0.2) is 4.98 Å². The third-order valence-corrected chi connectivity index (χ3v) is 3.77. The summed E-state index contributed by atoms with van der Waals surface area (Å²) in [5, 5.41) is 2.82. The zero-order valence-corrected chi connectivity index (χ0v) is 14.4. The summed E-state index contributed by atoms with van der Waals surface area (Å²) >= 11 is 0. The van der Waals surface area contributed by atoms with Gasteiger partial charge in [-0.2, -0.15) is 0 Å². The van der Waals surface area contributed by atoms with Gasteiger partial charge in [0.1, 0.15) is 11.3 Å². The molecule has 0 spiro atoms. The molecule has 0 bridgehead atoms. The number of fused-ring (bicyclic) bond motifs is 1. The van der Waals surface area contributed by atoms with E-state index in [0.29, 0.717) is 28.3 Å². The quantitative estimate of drug-likeness (QED) is 0.566. The van der Waals surface area contributed by atoms with E-state index in [9.17, 15) is 9.59 Å². The molecule has 0 fully saturated rings. The largest absolute Gasteiger partial charge is 0.399 e. The van der Waals surface area contributed by atoms with Gasteiger partial charge in [-0.05, 0) is 30.3 Å². The minimum atomic E-state index is -0.498. The van der Waals surface area contributed by atoms with Gasteiger partial charge in [0.2, 0.25) is 0 Å². The Hall–Kier alpha value is -3.15. The number of anilines is 2. The summed E-state index contributed by atoms with van der Waals surface area (Å²) in [6.45, 7) is 5.57. The minimum Gasteiger partial charge on any atom is -0.399 e. The molecule has 0 saturated carbocycles. The smallest absolute Gasteiger partial charge is 0.255 e. The molecule has 3 rings (SSSR count). The third kappa shape index (κ3) is 3.52. The van der Waals surface area contributed by atoms with Crippen molar-refractivity contribution in [2.24, 2.45) is 5.41 Å². The van der Waals surface area contributed by atoms with Crippen LogP contribution in [-0.4, -0.2) is 21.1 Å². The predicted molar refractivity (Wildman–Crippen MR) is 97.8 cm³/mol. The van der Waals surface area contributed by atoms with Crippen LogP contribution in [0.2, 0.25) is 0 Å². The van der Waals surface area contributed by atoms with Gasteiger partial charge < -0.3 is 15.5 Å². The monoisotopic (exact) mass is 336 g/mol. The average Bonchev–Trinajstić information content (AvgIpc) is 2.96. The predicted octanol–water partition coefficient (Wildman–Crippen LogP) is 3.40. The van der Waals surface area contributed by atoms with Crippen molar-refractivity contribution in [2.45, 2.75) is 20.8 Å². The van der Waals surface area contributed by atoms with Gasteiger partial charge in [-0.3, -0.25) is 9.59 Å². The summed E-state index contributed by atoms with van der Waals surface area (Å²) in [4.78, 5) is 29.0. The van der Waals surface area contributed by atoms with Crippen LogP contribution in [0.25, 0.3) is 5.65 Å². The number of carbonyl (C=O) groups excluding carboxylic acids is 2. The van der Waals surface area contributed by atoms with Gasteiger partial charge >= 0.3 is 0 Å². The first-order chi connectivity index (χ1) is 11.7. The first-order valence-electron chi connectivity index (χ1n) is 7.94. The number of Topliss-reactive ketones (excluding diaryl/α,β-unsaturated/α-hetero) is 1. The lowest BCUT2D eigenvalue weighted by atomic mass is 9.89. The van der Waals surface area contributed by atoms with Crippen LogP contribution < -0.4 is 11.1 Å². The van der Waals surface area contributed by atoms with Gasteiger partial charge in [0.25, 0.3) is 5.91 Å². The molecule has 128 valence electrons. The Labute approximate surface area is 145 Å². The summed E-state index contributed by atoms with van der Waals surface area (Å²) in [5.74, 6) is -0.278. The Morgan fingerprint density at radius 3 is 2.56 bits per heavy atom. The number of ketones is 1. The van der Waals surface area contributed by atoms with Crippen LogP contribution in [-0.2, 0) is 0 Å². The average molecular weight is 336 g/mol. The van der Waals surface area contributed by atoms with E-state index in [-0.39, 0.29) is 11.7 Å². The summed E-state index contributed by atoms with van der Waals surface area (Å²) in [6.07, 6.45) is 3.41. The number of benzene rings is 1. The van der Waals surface area contributed by atoms with Crippen molar-refractivity contribution in [3.63, 3.8) is 0 Å². The molecule has 0 aliphatic heterocycles. The molecule has 3 N–H and O–H groups in total. The van der Waals surface area contributed by atoms with Crippen LogP contribution in [0, 0.1) is 5.41 Å². The Balaban J connectivity index is 1.86. The second kappa shape index (κ2) is 6.05. The van der Waals surface area contributed by atoms with Crippen molar-refractivity contribution >= 4 is 28.7 Å². The Morgan fingerprint density at radius 1 is 1.12 bits per heavy atom. The fraction of sp³-hybridized carbons (Fsp3) is 0.211. The molecule has 2 heterocycles. The minimum absolute atomic E-state index is 0.0263. The lowest BCUT2D eigenvalue weighted by Gasteiger charge is -2.13. The van der Waals surface area contributed by atoms with Crippen molar-refractivity contribution in [2.75, 3.05) is 11.1 Å². The molecule has 2 aromatic heterocycles. The van der Waals surface area contributed by atoms with E-state index in [1.165, 1.54) is 0 Å². The van der Waals surface area contributed by atoms with E-state index < -0.39 is 5.41 Å². The number of nitrogens with zero attached hydrogens (tertiary/aromatic N) is 2. The van der Waals surface area contributed by atoms with Gasteiger partial charge in [-0.1, -0.05) is 26.8 Å². The molecular weight excluding hydrogens is 316 g/mol. The summed E-state index contributed by atoms with van der Waals surface area (Å²) in [7, 11) is 0. The second-order valence-electron chi connectivity index (χ2n) is 6.97. The van der Waals surface area contributed by atoms with E-state index in [2.05, 4.69) is 10.3 Å². The van der Waals surface area contributed by atoms with Crippen molar-refractivity contribution < 1.29 is 9.59 Å². The fourth-order valence-electron chi connectivity index (χ4n) is 2.44. The molecule has 0 radical (unpaired) electrons. The molecule has 0 unspecified atom stereocenters.